The van der Waals surface area contributed by atoms with Crippen LogP contribution < -0.4 is 0 Å². The molecular weight excluding hydrogens is 220 g/mol. The summed E-state index contributed by atoms with van der Waals surface area (Å²) in [6, 6.07) is 6.94. The molecule has 0 aromatic heterocycles. The predicted octanol–water partition coefficient (Wildman–Crippen LogP) is 2.18. The van der Waals surface area contributed by atoms with Gasteiger partial charge in [-0.3, -0.25) is 4.79 Å². The molecule has 0 spiro atoms. The van der Waals surface area contributed by atoms with Crippen LogP contribution in [0.4, 0.5) is 0 Å². The van der Waals surface area contributed by atoms with E-state index in [1.165, 1.54) is 0 Å². The Labute approximate surface area is 99.5 Å². The Hall–Kier alpha value is -2.10. The minimum atomic E-state index is -0.894. The van der Waals surface area contributed by atoms with E-state index < -0.39 is 17.5 Å². The largest absolute Gasteiger partial charge is 0.502 e. The molecule has 0 aliphatic rings. The fourth-order valence-electron chi connectivity index (χ4n) is 1.32. The lowest BCUT2D eigenvalue weighted by molar-refractivity contribution is -0.141. The Morgan fingerprint density at radius 3 is 2.59 bits per heavy atom. The number of benzene rings is 1. The van der Waals surface area contributed by atoms with Gasteiger partial charge in [0.05, 0.1) is 6.61 Å². The summed E-state index contributed by atoms with van der Waals surface area (Å²) in [6.07, 6.45) is 0.875. The number of esters is 1. The number of rotatable bonds is 4. The van der Waals surface area contributed by atoms with Gasteiger partial charge in [0.25, 0.3) is 0 Å². The van der Waals surface area contributed by atoms with Gasteiger partial charge in [0.15, 0.2) is 5.78 Å². The van der Waals surface area contributed by atoms with Gasteiger partial charge in [0.1, 0.15) is 0 Å². The van der Waals surface area contributed by atoms with Gasteiger partial charge in [-0.1, -0.05) is 24.3 Å². The van der Waals surface area contributed by atoms with Crippen LogP contribution in [0, 0.1) is 6.92 Å². The Morgan fingerprint density at radius 1 is 1.35 bits per heavy atom. The summed E-state index contributed by atoms with van der Waals surface area (Å²) in [7, 11) is 0. The third-order valence-electron chi connectivity index (χ3n) is 2.16. The van der Waals surface area contributed by atoms with Crippen LogP contribution in [-0.4, -0.2) is 23.5 Å². The van der Waals surface area contributed by atoms with Crippen LogP contribution in [0.2, 0.25) is 0 Å². The zero-order valence-electron chi connectivity index (χ0n) is 9.77. The van der Waals surface area contributed by atoms with Gasteiger partial charge in [0, 0.05) is 11.6 Å². The van der Waals surface area contributed by atoms with E-state index in [4.69, 9.17) is 0 Å². The van der Waals surface area contributed by atoms with E-state index in [1.54, 1.807) is 38.1 Å². The molecule has 1 aromatic carbocycles. The maximum absolute atomic E-state index is 11.7. The Balaban J connectivity index is 2.89. The standard InChI is InChI=1S/C13H14O4/c1-3-17-13(16)12(15)8-11(14)10-7-5-4-6-9(10)2/h4-8,15H,3H2,1-2H3/b12-8-. The number of ketones is 1. The second kappa shape index (κ2) is 5.84. The van der Waals surface area contributed by atoms with Gasteiger partial charge in [-0.15, -0.1) is 0 Å². The Bertz CT molecular complexity index is 460. The Morgan fingerprint density at radius 2 is 2.00 bits per heavy atom. The van der Waals surface area contributed by atoms with Gasteiger partial charge in [-0.25, -0.2) is 4.79 Å². The van der Waals surface area contributed by atoms with Crippen LogP contribution in [0.15, 0.2) is 36.1 Å². The summed E-state index contributed by atoms with van der Waals surface area (Å²) in [4.78, 5) is 22.8. The monoisotopic (exact) mass is 234 g/mol. The first kappa shape index (κ1) is 13.0. The molecule has 0 bridgehead atoms. The highest BCUT2D eigenvalue weighted by Gasteiger charge is 2.12. The minimum Gasteiger partial charge on any atom is -0.502 e. The number of ether oxygens (including phenoxy) is 1. The van der Waals surface area contributed by atoms with Crippen molar-refractivity contribution in [1.82, 2.24) is 0 Å². The first-order chi connectivity index (χ1) is 8.06. The van der Waals surface area contributed by atoms with Crippen LogP contribution in [0.3, 0.4) is 0 Å². The fourth-order valence-corrected chi connectivity index (χ4v) is 1.32. The van der Waals surface area contributed by atoms with E-state index in [0.29, 0.717) is 5.56 Å². The van der Waals surface area contributed by atoms with E-state index in [-0.39, 0.29) is 6.61 Å². The van der Waals surface area contributed by atoms with Gasteiger partial charge < -0.3 is 9.84 Å². The van der Waals surface area contributed by atoms with E-state index in [0.717, 1.165) is 11.6 Å². The van der Waals surface area contributed by atoms with Crippen LogP contribution >= 0.6 is 0 Å². The summed E-state index contributed by atoms with van der Waals surface area (Å²) >= 11 is 0. The molecule has 4 heteroatoms. The predicted molar refractivity (Wildman–Crippen MR) is 62.9 cm³/mol. The average Bonchev–Trinajstić information content (AvgIpc) is 2.29. The third-order valence-corrected chi connectivity index (χ3v) is 2.16. The summed E-state index contributed by atoms with van der Waals surface area (Å²) in [5.41, 5.74) is 1.23. The van der Waals surface area contributed by atoms with Crippen molar-refractivity contribution in [3.63, 3.8) is 0 Å². The first-order valence-corrected chi connectivity index (χ1v) is 5.24. The highest BCUT2D eigenvalue weighted by Crippen LogP contribution is 2.09. The summed E-state index contributed by atoms with van der Waals surface area (Å²) in [5.74, 6) is -2.00. The van der Waals surface area contributed by atoms with Gasteiger partial charge >= 0.3 is 5.97 Å². The quantitative estimate of drug-likeness (QED) is 0.375. The molecule has 0 radical (unpaired) electrons. The Kier molecular flexibility index (Phi) is 4.46. The van der Waals surface area contributed by atoms with Crippen molar-refractivity contribution in [3.05, 3.63) is 47.2 Å². The molecule has 0 aliphatic carbocycles. The topological polar surface area (TPSA) is 63.6 Å². The third kappa shape index (κ3) is 3.45. The van der Waals surface area contributed by atoms with E-state index in [1.807, 2.05) is 0 Å². The molecule has 90 valence electrons. The molecule has 1 N–H and O–H groups in total. The highest BCUT2D eigenvalue weighted by atomic mass is 16.5. The highest BCUT2D eigenvalue weighted by molar-refractivity contribution is 6.08. The fraction of sp³-hybridized carbons (Fsp3) is 0.231. The first-order valence-electron chi connectivity index (χ1n) is 5.24. The summed E-state index contributed by atoms with van der Waals surface area (Å²) in [5, 5.41) is 9.34. The molecule has 0 fully saturated rings. The van der Waals surface area contributed by atoms with Crippen molar-refractivity contribution in [2.24, 2.45) is 0 Å². The number of aliphatic hydroxyl groups excluding tert-OH is 1. The minimum absolute atomic E-state index is 0.148. The van der Waals surface area contributed by atoms with Crippen molar-refractivity contribution >= 4 is 11.8 Å². The maximum atomic E-state index is 11.7. The lowest BCUT2D eigenvalue weighted by Crippen LogP contribution is -2.09. The molecule has 0 heterocycles. The molecule has 0 aliphatic heterocycles. The number of carbonyl (C=O) groups is 2. The van der Waals surface area contributed by atoms with Gasteiger partial charge in [0.2, 0.25) is 5.76 Å². The molecule has 0 atom stereocenters. The zero-order chi connectivity index (χ0) is 12.8. The zero-order valence-corrected chi connectivity index (χ0v) is 9.77. The van der Waals surface area contributed by atoms with Crippen molar-refractivity contribution < 1.29 is 19.4 Å². The van der Waals surface area contributed by atoms with Gasteiger partial charge in [-0.05, 0) is 19.4 Å². The number of carbonyl (C=O) groups excluding carboxylic acids is 2. The van der Waals surface area contributed by atoms with Crippen molar-refractivity contribution in [2.45, 2.75) is 13.8 Å². The number of hydrogen-bond acceptors (Lipinski definition) is 4. The van der Waals surface area contributed by atoms with E-state index in [9.17, 15) is 14.7 Å². The molecule has 4 nitrogen and oxygen atoms in total. The van der Waals surface area contributed by atoms with Crippen molar-refractivity contribution in [1.29, 1.82) is 0 Å². The molecular formula is C13H14O4. The van der Waals surface area contributed by atoms with Crippen LogP contribution in [0.5, 0.6) is 0 Å². The second-order valence-electron chi connectivity index (χ2n) is 3.43. The van der Waals surface area contributed by atoms with E-state index in [2.05, 4.69) is 4.74 Å². The van der Waals surface area contributed by atoms with Crippen LogP contribution in [0.25, 0.3) is 0 Å². The summed E-state index contributed by atoms with van der Waals surface area (Å²) in [6.45, 7) is 3.55. The van der Waals surface area contributed by atoms with E-state index >= 15 is 0 Å². The average molecular weight is 234 g/mol. The van der Waals surface area contributed by atoms with Crippen molar-refractivity contribution in [3.8, 4) is 0 Å². The molecule has 1 aromatic rings. The molecule has 0 unspecified atom stereocenters. The van der Waals surface area contributed by atoms with Crippen LogP contribution in [0.1, 0.15) is 22.8 Å². The second-order valence-corrected chi connectivity index (χ2v) is 3.43. The molecule has 0 saturated carbocycles. The number of aryl methyl sites for hydroxylation is 1. The van der Waals surface area contributed by atoms with Gasteiger partial charge in [-0.2, -0.15) is 0 Å². The SMILES string of the molecule is CCOC(=O)/C(O)=C/C(=O)c1ccccc1C. The van der Waals surface area contributed by atoms with Crippen molar-refractivity contribution in [2.75, 3.05) is 6.61 Å². The molecule has 0 saturated heterocycles. The lowest BCUT2D eigenvalue weighted by atomic mass is 10.0. The number of hydrogen-bond donors (Lipinski definition) is 1. The normalized spacial score (nSPS) is 11.1. The molecule has 17 heavy (non-hydrogen) atoms. The smallest absolute Gasteiger partial charge is 0.373 e. The number of allylic oxidation sites excluding steroid dienone is 1. The maximum Gasteiger partial charge on any atom is 0.373 e. The molecule has 1 rings (SSSR count). The lowest BCUT2D eigenvalue weighted by Gasteiger charge is -2.02. The summed E-state index contributed by atoms with van der Waals surface area (Å²) < 4.78 is 4.56. The van der Waals surface area contributed by atoms with Crippen LogP contribution in [-0.2, 0) is 9.53 Å². The number of aliphatic hydroxyl groups is 1. The molecule has 0 amide bonds.